The third-order valence-electron chi connectivity index (χ3n) is 5.29. The molecule has 0 saturated heterocycles. The molecule has 0 saturated carbocycles. The lowest BCUT2D eigenvalue weighted by Crippen LogP contribution is -2.07. The van der Waals surface area contributed by atoms with E-state index in [2.05, 4.69) is 5.32 Å². The molecule has 1 aromatic heterocycles. The predicted octanol–water partition coefficient (Wildman–Crippen LogP) is 6.96. The van der Waals surface area contributed by atoms with Gasteiger partial charge in [-0.3, -0.25) is 4.79 Å². The number of halogens is 1. The Balaban J connectivity index is 1.40. The first-order valence-electron chi connectivity index (χ1n) is 10.3. The Hall–Kier alpha value is -4.09. The van der Waals surface area contributed by atoms with E-state index in [1.807, 2.05) is 60.7 Å². The highest BCUT2D eigenvalue weighted by Gasteiger charge is 2.15. The van der Waals surface area contributed by atoms with E-state index in [1.54, 1.807) is 31.4 Å². The molecule has 0 bridgehead atoms. The van der Waals surface area contributed by atoms with Gasteiger partial charge in [-0.25, -0.2) is 4.98 Å². The zero-order chi connectivity index (χ0) is 22.8. The fourth-order valence-electron chi connectivity index (χ4n) is 3.61. The molecule has 0 atom stereocenters. The van der Waals surface area contributed by atoms with E-state index >= 15 is 0 Å². The molecule has 0 spiro atoms. The van der Waals surface area contributed by atoms with Crippen molar-refractivity contribution in [3.63, 3.8) is 0 Å². The lowest BCUT2D eigenvalue weighted by molar-refractivity contribution is -0.111. The lowest BCUT2D eigenvalue weighted by atomic mass is 10.1. The third-order valence-corrected chi connectivity index (χ3v) is 5.62. The number of fused-ring (bicyclic) bond motifs is 3. The van der Waals surface area contributed by atoms with Crippen LogP contribution in [0.4, 0.5) is 5.69 Å². The molecule has 0 aliphatic carbocycles. The number of nitrogens with zero attached hydrogens (tertiary/aromatic N) is 1. The van der Waals surface area contributed by atoms with Crippen LogP contribution in [0.1, 0.15) is 5.56 Å². The minimum atomic E-state index is -0.261. The number of carbonyl (C=O) groups excluding carboxylic acids is 1. The number of carbonyl (C=O) groups is 1. The molecule has 162 valence electrons. The molecule has 0 fully saturated rings. The zero-order valence-corrected chi connectivity index (χ0v) is 18.5. The van der Waals surface area contributed by atoms with E-state index in [4.69, 9.17) is 25.7 Å². The van der Waals surface area contributed by atoms with E-state index in [0.29, 0.717) is 27.7 Å². The molecular formula is C27H19ClN2O3. The summed E-state index contributed by atoms with van der Waals surface area (Å²) in [6.45, 7) is 0. The van der Waals surface area contributed by atoms with Crippen LogP contribution in [-0.2, 0) is 4.79 Å². The monoisotopic (exact) mass is 454 g/mol. The number of aromatic nitrogens is 1. The van der Waals surface area contributed by atoms with Gasteiger partial charge < -0.3 is 14.5 Å². The van der Waals surface area contributed by atoms with Crippen molar-refractivity contribution in [2.75, 3.05) is 12.4 Å². The Morgan fingerprint density at radius 3 is 2.67 bits per heavy atom. The topological polar surface area (TPSA) is 64.4 Å². The SMILES string of the molecule is COc1ccc(/C=C\C(=O)Nc2ccc(Cl)c(-c3nc4c(ccc5ccccc54)o3)c2)cc1. The normalized spacial score (nSPS) is 11.3. The Kier molecular flexibility index (Phi) is 5.55. The number of oxazole rings is 1. The van der Waals surface area contributed by atoms with Crippen LogP contribution >= 0.6 is 11.6 Å². The van der Waals surface area contributed by atoms with Crippen LogP contribution in [0.3, 0.4) is 0 Å². The average Bonchev–Trinajstić information content (AvgIpc) is 3.29. The second-order valence-electron chi connectivity index (χ2n) is 7.44. The highest BCUT2D eigenvalue weighted by Crippen LogP contribution is 2.34. The quantitative estimate of drug-likeness (QED) is 0.291. The molecule has 5 aromatic rings. The maximum Gasteiger partial charge on any atom is 0.248 e. The number of methoxy groups -OCH3 is 1. The van der Waals surface area contributed by atoms with Gasteiger partial charge in [0.2, 0.25) is 11.8 Å². The molecule has 5 nitrogen and oxygen atoms in total. The van der Waals surface area contributed by atoms with Crippen LogP contribution in [0.5, 0.6) is 5.75 Å². The largest absolute Gasteiger partial charge is 0.497 e. The number of anilines is 1. The maximum absolute atomic E-state index is 12.4. The first-order chi connectivity index (χ1) is 16.1. The Bertz CT molecular complexity index is 1500. The number of benzene rings is 4. The van der Waals surface area contributed by atoms with Crippen molar-refractivity contribution in [3.8, 4) is 17.2 Å². The second kappa shape index (κ2) is 8.81. The number of hydrogen-bond donors (Lipinski definition) is 1. The van der Waals surface area contributed by atoms with Gasteiger partial charge in [0, 0.05) is 17.1 Å². The van der Waals surface area contributed by atoms with E-state index < -0.39 is 0 Å². The lowest BCUT2D eigenvalue weighted by Gasteiger charge is -2.06. The summed E-state index contributed by atoms with van der Waals surface area (Å²) < 4.78 is 11.1. The summed E-state index contributed by atoms with van der Waals surface area (Å²) in [7, 11) is 1.61. The summed E-state index contributed by atoms with van der Waals surface area (Å²) in [6.07, 6.45) is 3.21. The third kappa shape index (κ3) is 4.31. The van der Waals surface area contributed by atoms with Gasteiger partial charge in [0.1, 0.15) is 11.3 Å². The summed E-state index contributed by atoms with van der Waals surface area (Å²) in [6, 6.07) is 24.5. The number of amides is 1. The van der Waals surface area contributed by atoms with Gasteiger partial charge in [-0.15, -0.1) is 0 Å². The van der Waals surface area contributed by atoms with Gasteiger partial charge >= 0.3 is 0 Å². The minimum absolute atomic E-state index is 0.261. The van der Waals surface area contributed by atoms with Gasteiger partial charge in [0.25, 0.3) is 0 Å². The standard InChI is InChI=1S/C27H19ClN2O3/c1-32-20-11-6-17(7-12-20)8-15-25(31)29-19-10-13-23(28)22(16-19)27-30-26-21-5-3-2-4-18(21)9-14-24(26)33-27/h2-16H,1H3,(H,29,31)/b15-8-. The molecular weight excluding hydrogens is 436 g/mol. The predicted molar refractivity (Wildman–Crippen MR) is 133 cm³/mol. The molecule has 0 radical (unpaired) electrons. The van der Waals surface area contributed by atoms with Crippen molar-refractivity contribution in [1.82, 2.24) is 4.98 Å². The van der Waals surface area contributed by atoms with Crippen molar-refractivity contribution < 1.29 is 13.9 Å². The van der Waals surface area contributed by atoms with Crippen molar-refractivity contribution in [1.29, 1.82) is 0 Å². The minimum Gasteiger partial charge on any atom is -0.497 e. The highest BCUT2D eigenvalue weighted by atomic mass is 35.5. The van der Waals surface area contributed by atoms with Gasteiger partial charge in [0.05, 0.1) is 17.7 Å². The van der Waals surface area contributed by atoms with Crippen LogP contribution < -0.4 is 10.1 Å². The van der Waals surface area contributed by atoms with E-state index in [0.717, 1.165) is 27.6 Å². The van der Waals surface area contributed by atoms with Gasteiger partial charge in [-0.1, -0.05) is 54.1 Å². The van der Waals surface area contributed by atoms with E-state index in [-0.39, 0.29) is 5.91 Å². The number of ether oxygens (including phenoxy) is 1. The van der Waals surface area contributed by atoms with Crippen LogP contribution in [0.15, 0.2) is 89.4 Å². The van der Waals surface area contributed by atoms with Crippen molar-refractivity contribution in [2.24, 2.45) is 0 Å². The summed E-state index contributed by atoms with van der Waals surface area (Å²) in [5, 5.41) is 5.43. The van der Waals surface area contributed by atoms with Gasteiger partial charge in [0.15, 0.2) is 5.58 Å². The van der Waals surface area contributed by atoms with Gasteiger partial charge in [-0.2, -0.15) is 0 Å². The number of rotatable bonds is 5. The first-order valence-corrected chi connectivity index (χ1v) is 10.7. The molecule has 0 unspecified atom stereocenters. The summed E-state index contributed by atoms with van der Waals surface area (Å²) in [5.41, 5.74) is 3.54. The molecule has 1 heterocycles. The Morgan fingerprint density at radius 2 is 1.85 bits per heavy atom. The molecule has 0 aliphatic heterocycles. The van der Waals surface area contributed by atoms with Gasteiger partial charge in [-0.05, 0) is 53.4 Å². The van der Waals surface area contributed by atoms with Crippen LogP contribution in [-0.4, -0.2) is 18.0 Å². The summed E-state index contributed by atoms with van der Waals surface area (Å²) >= 11 is 6.44. The van der Waals surface area contributed by atoms with Crippen LogP contribution in [0.2, 0.25) is 5.02 Å². The molecule has 1 N–H and O–H groups in total. The van der Waals surface area contributed by atoms with Crippen molar-refractivity contribution in [3.05, 3.63) is 95.5 Å². The maximum atomic E-state index is 12.4. The second-order valence-corrected chi connectivity index (χ2v) is 7.85. The summed E-state index contributed by atoms with van der Waals surface area (Å²) in [5.74, 6) is 0.899. The van der Waals surface area contributed by atoms with Crippen molar-refractivity contribution in [2.45, 2.75) is 0 Å². The fourth-order valence-corrected chi connectivity index (χ4v) is 3.81. The van der Waals surface area contributed by atoms with Crippen LogP contribution in [0, 0.1) is 0 Å². The zero-order valence-electron chi connectivity index (χ0n) is 17.7. The molecule has 4 aromatic carbocycles. The Labute approximate surface area is 195 Å². The summed E-state index contributed by atoms with van der Waals surface area (Å²) in [4.78, 5) is 17.1. The molecule has 6 heteroatoms. The van der Waals surface area contributed by atoms with Crippen LogP contribution in [0.25, 0.3) is 39.4 Å². The number of hydrogen-bond acceptors (Lipinski definition) is 4. The smallest absolute Gasteiger partial charge is 0.248 e. The first kappa shape index (κ1) is 20.8. The molecule has 5 rings (SSSR count). The molecule has 33 heavy (non-hydrogen) atoms. The molecule has 0 aliphatic rings. The van der Waals surface area contributed by atoms with E-state index in [1.165, 1.54) is 6.08 Å². The Morgan fingerprint density at radius 1 is 1.03 bits per heavy atom. The average molecular weight is 455 g/mol. The molecule has 1 amide bonds. The van der Waals surface area contributed by atoms with E-state index in [9.17, 15) is 4.79 Å². The highest BCUT2D eigenvalue weighted by molar-refractivity contribution is 6.33. The number of nitrogens with one attached hydrogen (secondary N) is 1. The van der Waals surface area contributed by atoms with Crippen molar-refractivity contribution >= 4 is 51.1 Å². The fraction of sp³-hybridized carbons (Fsp3) is 0.0370.